The van der Waals surface area contributed by atoms with E-state index in [1.165, 1.54) is 0 Å². The Kier molecular flexibility index (Phi) is 6.26. The van der Waals surface area contributed by atoms with E-state index in [4.69, 9.17) is 4.42 Å². The van der Waals surface area contributed by atoms with E-state index in [-0.39, 0.29) is 0 Å². The van der Waals surface area contributed by atoms with Crippen molar-refractivity contribution in [1.29, 1.82) is 0 Å². The summed E-state index contributed by atoms with van der Waals surface area (Å²) in [5.74, 6) is 1.56. The van der Waals surface area contributed by atoms with Crippen LogP contribution in [-0.4, -0.2) is 29.8 Å². The van der Waals surface area contributed by atoms with Gasteiger partial charge in [0.25, 0.3) is 0 Å². The van der Waals surface area contributed by atoms with Crippen LogP contribution in [0.3, 0.4) is 0 Å². The molecule has 0 unspecified atom stereocenters. The van der Waals surface area contributed by atoms with Gasteiger partial charge in [-0.1, -0.05) is 32.0 Å². The van der Waals surface area contributed by atoms with Gasteiger partial charge >= 0.3 is 0 Å². The molecule has 5 heteroatoms. The molecule has 2 aromatic rings. The standard InChI is InChI=1S/C19H29N3O2/c1-5-19(23,6-2)13-22-18(20-7-3)21-12-17-14(4)15-10-8-9-11-16(15)24-17/h8-11,23H,5-7,12-13H2,1-4H3,(H2,20,21,22). The fourth-order valence-electron chi connectivity index (χ4n) is 2.62. The Morgan fingerprint density at radius 2 is 1.88 bits per heavy atom. The maximum atomic E-state index is 10.4. The first-order chi connectivity index (χ1) is 11.5. The summed E-state index contributed by atoms with van der Waals surface area (Å²) in [7, 11) is 0. The van der Waals surface area contributed by atoms with E-state index >= 15 is 0 Å². The minimum absolute atomic E-state index is 0.465. The minimum Gasteiger partial charge on any atom is -0.459 e. The number of hydrogen-bond acceptors (Lipinski definition) is 3. The van der Waals surface area contributed by atoms with Crippen LogP contribution in [-0.2, 0) is 6.54 Å². The molecule has 24 heavy (non-hydrogen) atoms. The van der Waals surface area contributed by atoms with Crippen LogP contribution < -0.4 is 10.6 Å². The molecule has 3 N–H and O–H groups in total. The normalized spacial score (nSPS) is 12.6. The number of nitrogens with zero attached hydrogens (tertiary/aromatic N) is 1. The summed E-state index contributed by atoms with van der Waals surface area (Å²) in [4.78, 5) is 4.60. The van der Waals surface area contributed by atoms with Crippen molar-refractivity contribution in [2.24, 2.45) is 4.99 Å². The second-order valence-corrected chi connectivity index (χ2v) is 6.13. The molecule has 0 radical (unpaired) electrons. The molecule has 5 nitrogen and oxygen atoms in total. The highest BCUT2D eigenvalue weighted by molar-refractivity contribution is 5.82. The van der Waals surface area contributed by atoms with E-state index in [2.05, 4.69) is 28.6 Å². The topological polar surface area (TPSA) is 69.8 Å². The van der Waals surface area contributed by atoms with Crippen molar-refractivity contribution >= 4 is 16.9 Å². The van der Waals surface area contributed by atoms with E-state index in [0.717, 1.165) is 28.8 Å². The maximum absolute atomic E-state index is 10.4. The lowest BCUT2D eigenvalue weighted by Crippen LogP contribution is -2.46. The van der Waals surface area contributed by atoms with Crippen LogP contribution in [0, 0.1) is 6.92 Å². The zero-order valence-electron chi connectivity index (χ0n) is 15.1. The SMILES string of the molecule is CCNC(=NCc1oc2ccccc2c1C)NCC(O)(CC)CC. The van der Waals surface area contributed by atoms with E-state index in [1.807, 2.05) is 39.0 Å². The molecule has 0 atom stereocenters. The van der Waals surface area contributed by atoms with Crippen molar-refractivity contribution in [3.8, 4) is 0 Å². The average molecular weight is 331 g/mol. The number of guanidine groups is 1. The van der Waals surface area contributed by atoms with Crippen molar-refractivity contribution in [2.75, 3.05) is 13.1 Å². The van der Waals surface area contributed by atoms with Crippen molar-refractivity contribution in [1.82, 2.24) is 10.6 Å². The third-order valence-corrected chi connectivity index (χ3v) is 4.57. The first kappa shape index (κ1) is 18.3. The summed E-state index contributed by atoms with van der Waals surface area (Å²) in [6, 6.07) is 8.02. The highest BCUT2D eigenvalue weighted by Gasteiger charge is 2.22. The second kappa shape index (κ2) is 8.20. The van der Waals surface area contributed by atoms with Gasteiger partial charge in [-0.2, -0.15) is 0 Å². The molecular formula is C19H29N3O2. The third kappa shape index (κ3) is 4.29. The van der Waals surface area contributed by atoms with Gasteiger partial charge in [0.15, 0.2) is 5.96 Å². The Hall–Kier alpha value is -2.01. The number of aryl methyl sites for hydroxylation is 1. The number of furan rings is 1. The quantitative estimate of drug-likeness (QED) is 0.537. The van der Waals surface area contributed by atoms with E-state index in [9.17, 15) is 5.11 Å². The van der Waals surface area contributed by atoms with Crippen LogP contribution in [0.1, 0.15) is 44.9 Å². The Balaban J connectivity index is 2.11. The Morgan fingerprint density at radius 1 is 1.17 bits per heavy atom. The summed E-state index contributed by atoms with van der Waals surface area (Å²) in [6.07, 6.45) is 1.41. The maximum Gasteiger partial charge on any atom is 0.191 e. The largest absolute Gasteiger partial charge is 0.459 e. The molecule has 0 aliphatic rings. The van der Waals surface area contributed by atoms with Crippen molar-refractivity contribution in [3.05, 3.63) is 35.6 Å². The molecule has 0 aliphatic carbocycles. The van der Waals surface area contributed by atoms with Crippen LogP contribution in [0.15, 0.2) is 33.7 Å². The minimum atomic E-state index is -0.703. The lowest BCUT2D eigenvalue weighted by atomic mass is 9.98. The molecule has 2 rings (SSSR count). The Morgan fingerprint density at radius 3 is 2.50 bits per heavy atom. The number of rotatable bonds is 7. The zero-order chi connectivity index (χ0) is 17.6. The number of nitrogens with one attached hydrogen (secondary N) is 2. The summed E-state index contributed by atoms with van der Waals surface area (Å²) < 4.78 is 5.90. The van der Waals surface area contributed by atoms with Gasteiger partial charge < -0.3 is 20.2 Å². The molecule has 0 saturated carbocycles. The molecular weight excluding hydrogens is 302 g/mol. The third-order valence-electron chi connectivity index (χ3n) is 4.57. The van der Waals surface area contributed by atoms with Crippen LogP contribution in [0.2, 0.25) is 0 Å². The summed E-state index contributed by atoms with van der Waals surface area (Å²) in [5, 5.41) is 18.0. The highest BCUT2D eigenvalue weighted by Crippen LogP contribution is 2.25. The van der Waals surface area contributed by atoms with Gasteiger partial charge in [-0.05, 0) is 32.8 Å². The highest BCUT2D eigenvalue weighted by atomic mass is 16.3. The van der Waals surface area contributed by atoms with Crippen LogP contribution in [0.25, 0.3) is 11.0 Å². The average Bonchev–Trinajstić information content (AvgIpc) is 2.93. The predicted octanol–water partition coefficient (Wildman–Crippen LogP) is 3.35. The van der Waals surface area contributed by atoms with Gasteiger partial charge in [0.1, 0.15) is 17.9 Å². The van der Waals surface area contributed by atoms with Gasteiger partial charge in [0.2, 0.25) is 0 Å². The molecule has 0 saturated heterocycles. The number of hydrogen-bond donors (Lipinski definition) is 3. The monoisotopic (exact) mass is 331 g/mol. The second-order valence-electron chi connectivity index (χ2n) is 6.13. The lowest BCUT2D eigenvalue weighted by molar-refractivity contribution is 0.0367. The van der Waals surface area contributed by atoms with Crippen molar-refractivity contribution in [2.45, 2.75) is 52.7 Å². The molecule has 0 bridgehead atoms. The van der Waals surface area contributed by atoms with Gasteiger partial charge in [0.05, 0.1) is 5.60 Å². The predicted molar refractivity (Wildman–Crippen MR) is 99.3 cm³/mol. The fraction of sp³-hybridized carbons (Fsp3) is 0.526. The number of para-hydroxylation sites is 1. The van der Waals surface area contributed by atoms with E-state index in [1.54, 1.807) is 0 Å². The van der Waals surface area contributed by atoms with Gasteiger partial charge in [-0.25, -0.2) is 4.99 Å². The number of benzene rings is 1. The van der Waals surface area contributed by atoms with Crippen LogP contribution in [0.4, 0.5) is 0 Å². The fourth-order valence-corrected chi connectivity index (χ4v) is 2.62. The number of fused-ring (bicyclic) bond motifs is 1. The molecule has 0 spiro atoms. The Bertz CT molecular complexity index is 687. The molecule has 0 amide bonds. The first-order valence-electron chi connectivity index (χ1n) is 8.74. The molecule has 0 aliphatic heterocycles. The molecule has 1 heterocycles. The summed E-state index contributed by atoms with van der Waals surface area (Å²) >= 11 is 0. The summed E-state index contributed by atoms with van der Waals surface area (Å²) in [6.45, 7) is 9.78. The van der Waals surface area contributed by atoms with Gasteiger partial charge in [-0.15, -0.1) is 0 Å². The van der Waals surface area contributed by atoms with Crippen LogP contribution in [0.5, 0.6) is 0 Å². The number of aliphatic hydroxyl groups is 1. The van der Waals surface area contributed by atoms with Gasteiger partial charge in [0, 0.05) is 24.0 Å². The molecule has 1 aromatic heterocycles. The summed E-state index contributed by atoms with van der Waals surface area (Å²) in [5.41, 5.74) is 1.32. The van der Waals surface area contributed by atoms with Crippen molar-refractivity contribution in [3.63, 3.8) is 0 Å². The van der Waals surface area contributed by atoms with E-state index in [0.29, 0.717) is 31.9 Å². The molecule has 1 aromatic carbocycles. The van der Waals surface area contributed by atoms with Crippen LogP contribution >= 0.6 is 0 Å². The van der Waals surface area contributed by atoms with E-state index < -0.39 is 5.60 Å². The molecule has 0 fully saturated rings. The molecule has 132 valence electrons. The number of aliphatic imine (C=N–C) groups is 1. The first-order valence-corrected chi connectivity index (χ1v) is 8.74. The lowest BCUT2D eigenvalue weighted by Gasteiger charge is -2.26. The van der Waals surface area contributed by atoms with Crippen molar-refractivity contribution < 1.29 is 9.52 Å². The smallest absolute Gasteiger partial charge is 0.191 e. The van der Waals surface area contributed by atoms with Gasteiger partial charge in [-0.3, -0.25) is 0 Å². The zero-order valence-corrected chi connectivity index (χ0v) is 15.1. The Labute approximate surface area is 144 Å².